The molecule has 2 aromatic rings. The molecule has 19 heavy (non-hydrogen) atoms. The van der Waals surface area contributed by atoms with Gasteiger partial charge >= 0.3 is 5.97 Å². The molecule has 5 heteroatoms. The Hall–Kier alpha value is -1.88. The normalized spacial score (nSPS) is 10.2. The number of benzene rings is 1. The molecular formula is C14H13BrN2O2. The largest absolute Gasteiger partial charge is 0.478 e. The van der Waals surface area contributed by atoms with Crippen molar-refractivity contribution >= 4 is 27.6 Å². The van der Waals surface area contributed by atoms with Crippen LogP contribution in [0.5, 0.6) is 0 Å². The molecule has 0 spiro atoms. The molecule has 1 aromatic carbocycles. The highest BCUT2D eigenvalue weighted by molar-refractivity contribution is 9.10. The zero-order chi connectivity index (χ0) is 13.8. The van der Waals surface area contributed by atoms with E-state index in [9.17, 15) is 4.79 Å². The lowest BCUT2D eigenvalue weighted by molar-refractivity contribution is 0.0696. The topological polar surface area (TPSA) is 62.2 Å². The van der Waals surface area contributed by atoms with Crippen LogP contribution in [0, 0.1) is 6.92 Å². The first kappa shape index (κ1) is 13.5. The number of aromatic carboxylic acids is 1. The lowest BCUT2D eigenvalue weighted by atomic mass is 10.2. The molecule has 0 amide bonds. The minimum Gasteiger partial charge on any atom is -0.478 e. The number of carbonyl (C=O) groups is 1. The number of aryl methyl sites for hydroxylation is 1. The Morgan fingerprint density at radius 2 is 2.16 bits per heavy atom. The number of nitrogens with zero attached hydrogens (tertiary/aromatic N) is 1. The molecule has 0 unspecified atom stereocenters. The molecule has 0 saturated heterocycles. The number of carboxylic acids is 1. The van der Waals surface area contributed by atoms with E-state index in [2.05, 4.69) is 26.2 Å². The van der Waals surface area contributed by atoms with Gasteiger partial charge in [0, 0.05) is 16.4 Å². The summed E-state index contributed by atoms with van der Waals surface area (Å²) in [4.78, 5) is 14.8. The molecule has 0 saturated carbocycles. The van der Waals surface area contributed by atoms with Crippen LogP contribution in [-0.4, -0.2) is 16.1 Å². The van der Waals surface area contributed by atoms with Gasteiger partial charge in [-0.25, -0.2) is 4.79 Å². The average molecular weight is 321 g/mol. The van der Waals surface area contributed by atoms with E-state index in [1.807, 2.05) is 25.1 Å². The molecule has 0 aliphatic rings. The fourth-order valence-corrected chi connectivity index (χ4v) is 2.03. The third-order valence-electron chi connectivity index (χ3n) is 2.72. The van der Waals surface area contributed by atoms with Gasteiger partial charge in [-0.05, 0) is 46.6 Å². The van der Waals surface area contributed by atoms with Gasteiger partial charge in [0.25, 0.3) is 0 Å². The SMILES string of the molecule is Cc1cccc(NCc2ccc(C(=O)O)cn2)c1Br. The number of nitrogens with one attached hydrogen (secondary N) is 1. The van der Waals surface area contributed by atoms with Crippen molar-refractivity contribution in [3.8, 4) is 0 Å². The van der Waals surface area contributed by atoms with Crippen molar-refractivity contribution < 1.29 is 9.90 Å². The third kappa shape index (κ3) is 3.32. The van der Waals surface area contributed by atoms with Gasteiger partial charge in [0.2, 0.25) is 0 Å². The minimum atomic E-state index is -0.964. The van der Waals surface area contributed by atoms with Crippen LogP contribution >= 0.6 is 15.9 Å². The molecule has 0 aliphatic carbocycles. The molecule has 1 aromatic heterocycles. The van der Waals surface area contributed by atoms with Gasteiger partial charge in [-0.1, -0.05) is 12.1 Å². The van der Waals surface area contributed by atoms with E-state index in [4.69, 9.17) is 5.11 Å². The fourth-order valence-electron chi connectivity index (χ4n) is 1.63. The summed E-state index contributed by atoms with van der Waals surface area (Å²) < 4.78 is 1.03. The lowest BCUT2D eigenvalue weighted by Crippen LogP contribution is -2.04. The van der Waals surface area contributed by atoms with Gasteiger partial charge in [0.05, 0.1) is 17.8 Å². The van der Waals surface area contributed by atoms with Crippen LogP contribution in [0.15, 0.2) is 41.0 Å². The highest BCUT2D eigenvalue weighted by Crippen LogP contribution is 2.25. The van der Waals surface area contributed by atoms with Gasteiger partial charge < -0.3 is 10.4 Å². The summed E-state index contributed by atoms with van der Waals surface area (Å²) >= 11 is 3.52. The molecular weight excluding hydrogens is 308 g/mol. The molecule has 0 aliphatic heterocycles. The summed E-state index contributed by atoms with van der Waals surface area (Å²) in [5.74, 6) is -0.964. The second-order valence-electron chi connectivity index (χ2n) is 4.13. The van der Waals surface area contributed by atoms with E-state index in [1.54, 1.807) is 12.1 Å². The van der Waals surface area contributed by atoms with Gasteiger partial charge in [-0.3, -0.25) is 4.98 Å². The van der Waals surface area contributed by atoms with Crippen molar-refractivity contribution in [1.29, 1.82) is 0 Å². The number of aromatic nitrogens is 1. The van der Waals surface area contributed by atoms with Gasteiger partial charge in [-0.15, -0.1) is 0 Å². The molecule has 1 heterocycles. The minimum absolute atomic E-state index is 0.195. The van der Waals surface area contributed by atoms with Crippen molar-refractivity contribution in [3.05, 3.63) is 57.8 Å². The second kappa shape index (κ2) is 5.84. The van der Waals surface area contributed by atoms with Crippen LogP contribution in [0.2, 0.25) is 0 Å². The Morgan fingerprint density at radius 1 is 1.37 bits per heavy atom. The molecule has 4 nitrogen and oxygen atoms in total. The summed E-state index contributed by atoms with van der Waals surface area (Å²) in [6.07, 6.45) is 1.37. The zero-order valence-electron chi connectivity index (χ0n) is 10.4. The molecule has 0 radical (unpaired) electrons. The quantitative estimate of drug-likeness (QED) is 0.905. The molecule has 98 valence electrons. The first-order valence-corrected chi connectivity index (χ1v) is 6.54. The van der Waals surface area contributed by atoms with Crippen LogP contribution in [0.3, 0.4) is 0 Å². The van der Waals surface area contributed by atoms with Crippen molar-refractivity contribution in [2.45, 2.75) is 13.5 Å². The van der Waals surface area contributed by atoms with Crippen molar-refractivity contribution in [3.63, 3.8) is 0 Å². The average Bonchev–Trinajstić information content (AvgIpc) is 2.41. The Morgan fingerprint density at radius 3 is 2.79 bits per heavy atom. The van der Waals surface area contributed by atoms with Crippen LogP contribution in [0.1, 0.15) is 21.6 Å². The highest BCUT2D eigenvalue weighted by Gasteiger charge is 2.04. The Kier molecular flexibility index (Phi) is 4.16. The number of rotatable bonds is 4. The summed E-state index contributed by atoms with van der Waals surface area (Å²) in [7, 11) is 0. The smallest absolute Gasteiger partial charge is 0.337 e. The van der Waals surface area contributed by atoms with E-state index in [0.717, 1.165) is 21.4 Å². The predicted molar refractivity (Wildman–Crippen MR) is 77.4 cm³/mol. The maximum Gasteiger partial charge on any atom is 0.337 e. The van der Waals surface area contributed by atoms with Crippen molar-refractivity contribution in [1.82, 2.24) is 4.98 Å². The third-order valence-corrected chi connectivity index (χ3v) is 3.78. The van der Waals surface area contributed by atoms with Crippen LogP contribution in [0.4, 0.5) is 5.69 Å². The van der Waals surface area contributed by atoms with E-state index >= 15 is 0 Å². The number of anilines is 1. The van der Waals surface area contributed by atoms with E-state index in [1.165, 1.54) is 6.20 Å². The monoisotopic (exact) mass is 320 g/mol. The van der Waals surface area contributed by atoms with E-state index in [0.29, 0.717) is 6.54 Å². The molecule has 0 fully saturated rings. The Balaban J connectivity index is 2.06. The first-order valence-electron chi connectivity index (χ1n) is 5.75. The zero-order valence-corrected chi connectivity index (χ0v) is 11.9. The number of halogens is 1. The van der Waals surface area contributed by atoms with Gasteiger partial charge in [-0.2, -0.15) is 0 Å². The van der Waals surface area contributed by atoms with Crippen LogP contribution in [-0.2, 0) is 6.54 Å². The fraction of sp³-hybridized carbons (Fsp3) is 0.143. The first-order chi connectivity index (χ1) is 9.08. The number of pyridine rings is 1. The molecule has 2 rings (SSSR count). The van der Waals surface area contributed by atoms with Crippen LogP contribution < -0.4 is 5.32 Å². The highest BCUT2D eigenvalue weighted by atomic mass is 79.9. The summed E-state index contributed by atoms with van der Waals surface area (Å²) in [5, 5.41) is 12.1. The lowest BCUT2D eigenvalue weighted by Gasteiger charge is -2.09. The molecule has 0 atom stereocenters. The van der Waals surface area contributed by atoms with Crippen molar-refractivity contribution in [2.75, 3.05) is 5.32 Å². The molecule has 0 bridgehead atoms. The summed E-state index contributed by atoms with van der Waals surface area (Å²) in [6.45, 7) is 2.57. The Labute approximate surface area is 119 Å². The van der Waals surface area contributed by atoms with E-state index in [-0.39, 0.29) is 5.56 Å². The van der Waals surface area contributed by atoms with Crippen LogP contribution in [0.25, 0.3) is 0 Å². The number of hydrogen-bond donors (Lipinski definition) is 2. The van der Waals surface area contributed by atoms with E-state index < -0.39 is 5.97 Å². The number of carboxylic acid groups (broad SMARTS) is 1. The maximum absolute atomic E-state index is 10.7. The summed E-state index contributed by atoms with van der Waals surface area (Å²) in [6, 6.07) is 9.24. The standard InChI is InChI=1S/C14H13BrN2O2/c1-9-3-2-4-12(13(9)15)17-8-11-6-5-10(7-16-11)14(18)19/h2-7,17H,8H2,1H3,(H,18,19). The maximum atomic E-state index is 10.7. The summed E-state index contributed by atoms with van der Waals surface area (Å²) in [5.41, 5.74) is 3.13. The molecule has 2 N–H and O–H groups in total. The predicted octanol–water partition coefficient (Wildman–Crippen LogP) is 3.46. The van der Waals surface area contributed by atoms with Gasteiger partial charge in [0.1, 0.15) is 0 Å². The number of hydrogen-bond acceptors (Lipinski definition) is 3. The van der Waals surface area contributed by atoms with Crippen molar-refractivity contribution in [2.24, 2.45) is 0 Å². The second-order valence-corrected chi connectivity index (χ2v) is 4.93. The van der Waals surface area contributed by atoms with Gasteiger partial charge in [0.15, 0.2) is 0 Å². The Bertz CT molecular complexity index is 597.